The summed E-state index contributed by atoms with van der Waals surface area (Å²) in [7, 11) is -1.13. The second-order valence-electron chi connectivity index (χ2n) is 4.57. The average Bonchev–Trinajstić information content (AvgIpc) is 2.76. The van der Waals surface area contributed by atoms with Crippen molar-refractivity contribution in [1.29, 1.82) is 0 Å². The summed E-state index contributed by atoms with van der Waals surface area (Å²) in [5.74, 6) is 0.489. The van der Waals surface area contributed by atoms with E-state index in [9.17, 15) is 4.21 Å². The Bertz CT molecular complexity index is 795. The molecule has 20 heavy (non-hydrogen) atoms. The molecule has 5 heteroatoms. The zero-order chi connectivity index (χ0) is 14.1. The van der Waals surface area contributed by atoms with Gasteiger partial charge in [0.05, 0.1) is 32.8 Å². The van der Waals surface area contributed by atoms with Crippen LogP contribution in [0.25, 0.3) is 10.9 Å². The zero-order valence-corrected chi connectivity index (χ0v) is 12.9. The van der Waals surface area contributed by atoms with E-state index in [1.54, 1.807) is 11.3 Å². The second kappa shape index (κ2) is 5.42. The number of pyridine rings is 1. The van der Waals surface area contributed by atoms with E-state index in [0.717, 1.165) is 26.5 Å². The van der Waals surface area contributed by atoms with Crippen molar-refractivity contribution in [2.24, 2.45) is 0 Å². The molecule has 1 atom stereocenters. The maximum atomic E-state index is 12.4. The van der Waals surface area contributed by atoms with Crippen LogP contribution in [0.4, 0.5) is 0 Å². The molecular formula is C15H14N2OS2. The summed E-state index contributed by atoms with van der Waals surface area (Å²) in [5, 5.41) is 2.72. The molecule has 2 aromatic heterocycles. The monoisotopic (exact) mass is 302 g/mol. The molecule has 0 amide bonds. The van der Waals surface area contributed by atoms with Crippen molar-refractivity contribution in [2.75, 3.05) is 0 Å². The minimum atomic E-state index is -1.13. The van der Waals surface area contributed by atoms with Crippen LogP contribution in [-0.2, 0) is 16.6 Å². The summed E-state index contributed by atoms with van der Waals surface area (Å²) >= 11 is 1.61. The van der Waals surface area contributed by atoms with Crippen LogP contribution in [0.5, 0.6) is 0 Å². The van der Waals surface area contributed by atoms with E-state index in [-0.39, 0.29) is 0 Å². The first-order chi connectivity index (χ1) is 9.63. The van der Waals surface area contributed by atoms with Gasteiger partial charge in [-0.3, -0.25) is 4.21 Å². The number of para-hydroxylation sites is 1. The van der Waals surface area contributed by atoms with E-state index in [2.05, 4.69) is 9.97 Å². The van der Waals surface area contributed by atoms with Gasteiger partial charge in [-0.25, -0.2) is 9.97 Å². The molecule has 0 saturated heterocycles. The largest absolute Gasteiger partial charge is 0.252 e. The van der Waals surface area contributed by atoms with Gasteiger partial charge in [-0.05, 0) is 26.0 Å². The van der Waals surface area contributed by atoms with E-state index in [4.69, 9.17) is 0 Å². The van der Waals surface area contributed by atoms with Gasteiger partial charge in [0.1, 0.15) is 5.03 Å². The molecule has 0 fully saturated rings. The number of nitrogens with zero attached hydrogens (tertiary/aromatic N) is 2. The summed E-state index contributed by atoms with van der Waals surface area (Å²) in [4.78, 5) is 9.94. The smallest absolute Gasteiger partial charge is 0.128 e. The highest BCUT2D eigenvalue weighted by molar-refractivity contribution is 7.84. The highest BCUT2D eigenvalue weighted by Gasteiger charge is 2.12. The fraction of sp³-hybridized carbons (Fsp3) is 0.200. The minimum absolute atomic E-state index is 0.489. The summed E-state index contributed by atoms with van der Waals surface area (Å²) < 4.78 is 12.4. The molecule has 3 nitrogen and oxygen atoms in total. The fourth-order valence-electron chi connectivity index (χ4n) is 2.07. The van der Waals surface area contributed by atoms with Gasteiger partial charge < -0.3 is 0 Å². The highest BCUT2D eigenvalue weighted by Crippen LogP contribution is 2.22. The predicted molar refractivity (Wildman–Crippen MR) is 83.4 cm³/mol. The molecule has 0 aliphatic heterocycles. The molecule has 0 aliphatic carbocycles. The van der Waals surface area contributed by atoms with Crippen molar-refractivity contribution < 1.29 is 4.21 Å². The molecule has 0 aliphatic rings. The molecule has 0 unspecified atom stereocenters. The fourth-order valence-corrected chi connectivity index (χ4v) is 4.38. The van der Waals surface area contributed by atoms with Crippen molar-refractivity contribution in [2.45, 2.75) is 24.6 Å². The van der Waals surface area contributed by atoms with Gasteiger partial charge in [-0.2, -0.15) is 0 Å². The maximum Gasteiger partial charge on any atom is 0.128 e. The third-order valence-corrected chi connectivity index (χ3v) is 5.57. The summed E-state index contributed by atoms with van der Waals surface area (Å²) in [5.41, 5.74) is 1.86. The minimum Gasteiger partial charge on any atom is -0.252 e. The topological polar surface area (TPSA) is 42.9 Å². The Balaban J connectivity index is 1.90. The van der Waals surface area contributed by atoms with Crippen molar-refractivity contribution in [3.05, 3.63) is 52.0 Å². The van der Waals surface area contributed by atoms with Gasteiger partial charge in [-0.15, -0.1) is 11.3 Å². The lowest BCUT2D eigenvalue weighted by Crippen LogP contribution is -1.99. The number of benzene rings is 1. The van der Waals surface area contributed by atoms with Crippen LogP contribution in [0, 0.1) is 13.8 Å². The molecule has 102 valence electrons. The molecule has 3 aromatic rings. The molecular weight excluding hydrogens is 288 g/mol. The molecule has 3 rings (SSSR count). The van der Waals surface area contributed by atoms with Gasteiger partial charge in [0, 0.05) is 10.3 Å². The third-order valence-electron chi connectivity index (χ3n) is 3.07. The Labute approximate surface area is 124 Å². The Kier molecular flexibility index (Phi) is 3.63. The number of aryl methyl sites for hydroxylation is 2. The number of hydrogen-bond acceptors (Lipinski definition) is 4. The Morgan fingerprint density at radius 1 is 1.10 bits per heavy atom. The number of rotatable bonds is 3. The Morgan fingerprint density at radius 2 is 1.90 bits per heavy atom. The van der Waals surface area contributed by atoms with E-state index >= 15 is 0 Å². The second-order valence-corrected chi connectivity index (χ2v) is 7.26. The first-order valence-corrected chi connectivity index (χ1v) is 8.44. The molecule has 0 spiro atoms. The number of aromatic nitrogens is 2. The maximum absolute atomic E-state index is 12.4. The first kappa shape index (κ1) is 13.4. The van der Waals surface area contributed by atoms with Crippen LogP contribution in [0.15, 0.2) is 41.4 Å². The summed E-state index contributed by atoms with van der Waals surface area (Å²) in [6.07, 6.45) is 0. The summed E-state index contributed by atoms with van der Waals surface area (Å²) in [6.45, 7) is 3.93. The normalized spacial score (nSPS) is 12.7. The SMILES string of the molecule is Cc1nc(C)c(C[S@@](=O)c2ccc3ccccc3n2)s1. The first-order valence-electron chi connectivity index (χ1n) is 6.30. The van der Waals surface area contributed by atoms with Crippen molar-refractivity contribution in [3.8, 4) is 0 Å². The van der Waals surface area contributed by atoms with E-state index in [1.165, 1.54) is 0 Å². The van der Waals surface area contributed by atoms with Gasteiger partial charge in [0.25, 0.3) is 0 Å². The van der Waals surface area contributed by atoms with E-state index in [0.29, 0.717) is 10.8 Å². The zero-order valence-electron chi connectivity index (χ0n) is 11.3. The number of fused-ring (bicyclic) bond motifs is 1. The summed E-state index contributed by atoms with van der Waals surface area (Å²) in [6, 6.07) is 11.7. The average molecular weight is 302 g/mol. The van der Waals surface area contributed by atoms with Crippen LogP contribution in [-0.4, -0.2) is 14.2 Å². The van der Waals surface area contributed by atoms with Crippen LogP contribution in [0.2, 0.25) is 0 Å². The molecule has 1 aromatic carbocycles. The van der Waals surface area contributed by atoms with E-state index in [1.807, 2.05) is 50.2 Å². The van der Waals surface area contributed by atoms with Gasteiger partial charge in [0.15, 0.2) is 0 Å². The highest BCUT2D eigenvalue weighted by atomic mass is 32.2. The molecule has 0 radical (unpaired) electrons. The van der Waals surface area contributed by atoms with Crippen molar-refractivity contribution >= 4 is 33.0 Å². The van der Waals surface area contributed by atoms with Crippen LogP contribution in [0.3, 0.4) is 0 Å². The molecule has 2 heterocycles. The van der Waals surface area contributed by atoms with Gasteiger partial charge in [0.2, 0.25) is 0 Å². The predicted octanol–water partition coefficient (Wildman–Crippen LogP) is 3.62. The van der Waals surface area contributed by atoms with Crippen molar-refractivity contribution in [3.63, 3.8) is 0 Å². The Morgan fingerprint density at radius 3 is 2.65 bits per heavy atom. The molecule has 0 saturated carbocycles. The lowest BCUT2D eigenvalue weighted by molar-refractivity contribution is 0.680. The Hall–Kier alpha value is -1.59. The quantitative estimate of drug-likeness (QED) is 0.742. The van der Waals surface area contributed by atoms with Crippen LogP contribution in [0.1, 0.15) is 15.6 Å². The van der Waals surface area contributed by atoms with Crippen molar-refractivity contribution in [1.82, 2.24) is 9.97 Å². The standard InChI is InChI=1S/C15H14N2OS2/c1-10-14(19-11(2)16-10)9-20(18)15-8-7-12-5-3-4-6-13(12)17-15/h3-8H,9H2,1-2H3/t20-/m1/s1. The number of thiazole rings is 1. The third kappa shape index (κ3) is 2.64. The van der Waals surface area contributed by atoms with Crippen LogP contribution >= 0.6 is 11.3 Å². The lowest BCUT2D eigenvalue weighted by Gasteiger charge is -2.03. The molecule has 0 N–H and O–H groups in total. The lowest BCUT2D eigenvalue weighted by atomic mass is 10.2. The van der Waals surface area contributed by atoms with E-state index < -0.39 is 10.8 Å². The van der Waals surface area contributed by atoms with Gasteiger partial charge in [-0.1, -0.05) is 24.3 Å². The molecule has 0 bridgehead atoms. The number of hydrogen-bond donors (Lipinski definition) is 0. The van der Waals surface area contributed by atoms with Crippen LogP contribution < -0.4 is 0 Å². The van der Waals surface area contributed by atoms with Gasteiger partial charge >= 0.3 is 0 Å².